The molecule has 0 aliphatic heterocycles. The first-order chi connectivity index (χ1) is 34.7. The molecule has 16 N–H and O–H groups in total. The summed E-state index contributed by atoms with van der Waals surface area (Å²) in [7, 11) is 0. The van der Waals surface area contributed by atoms with E-state index in [4.69, 9.17) is 0 Å². The topological polar surface area (TPSA) is 228 Å². The van der Waals surface area contributed by atoms with Gasteiger partial charge in [-0.2, -0.15) is 0 Å². The second-order valence-electron chi connectivity index (χ2n) is 21.2. The maximum atomic E-state index is 12.4. The molecule has 0 saturated carbocycles. The molecule has 0 heterocycles. The van der Waals surface area contributed by atoms with Crippen molar-refractivity contribution >= 4 is 0 Å². The van der Waals surface area contributed by atoms with Crippen LogP contribution >= 0.6 is 0 Å². The van der Waals surface area contributed by atoms with Gasteiger partial charge in [-0.1, -0.05) is 107 Å². The smallest absolute Gasteiger partial charge is 0.131 e. The predicted molar refractivity (Wildman–Crippen MR) is 288 cm³/mol. The van der Waals surface area contributed by atoms with E-state index in [0.29, 0.717) is 92.9 Å². The van der Waals surface area contributed by atoms with E-state index in [-0.39, 0.29) is 95.6 Å². The fourth-order valence-corrected chi connectivity index (χ4v) is 11.0. The molecule has 8 bridgehead atoms. The number of phenols is 8. The van der Waals surface area contributed by atoms with E-state index in [1.165, 1.54) is 0 Å². The molecule has 0 aromatic heterocycles. The molecule has 0 unspecified atom stereocenters. The Hall–Kier alpha value is -3.72. The summed E-state index contributed by atoms with van der Waals surface area (Å²) in [5.74, 6) is -3.26. The van der Waals surface area contributed by atoms with Crippen LogP contribution in [0, 0.1) is 0 Å². The van der Waals surface area contributed by atoms with Gasteiger partial charge in [0.1, 0.15) is 72.2 Å². The lowest BCUT2D eigenvalue weighted by atomic mass is 9.78. The molecule has 76 heavy (non-hydrogen) atoms. The van der Waals surface area contributed by atoms with Gasteiger partial charge in [0.15, 0.2) is 0 Å². The number of unbranched alkanes of at least 4 members (excludes halogenated alkanes) is 12. The highest BCUT2D eigenvalue weighted by atomic mass is 35.5. The lowest BCUT2D eigenvalue weighted by molar-refractivity contribution is -0.671. The number of hydrogen-bond acceptors (Lipinski definition) is 8. The van der Waals surface area contributed by atoms with Crippen LogP contribution in [0.2, 0.25) is 0 Å². The quantitative estimate of drug-likeness (QED) is 0.0260. The number of benzene rings is 4. The lowest BCUT2D eigenvalue weighted by Crippen LogP contribution is -3.00. The summed E-state index contributed by atoms with van der Waals surface area (Å²) in [6.45, 7) is 20.7. The third kappa shape index (κ3) is 17.1. The maximum Gasteiger partial charge on any atom is 0.131 e. The third-order valence-corrected chi connectivity index (χ3v) is 15.9. The van der Waals surface area contributed by atoms with Crippen molar-refractivity contribution in [2.45, 2.75) is 208 Å². The van der Waals surface area contributed by atoms with Gasteiger partial charge >= 0.3 is 0 Å². The average Bonchev–Trinajstić information content (AvgIpc) is 3.36. The minimum absolute atomic E-state index is 0. The minimum atomic E-state index is -0.661. The van der Waals surface area contributed by atoms with Gasteiger partial charge in [0.05, 0.1) is 48.4 Å². The Balaban J connectivity index is 0.00000722. The highest BCUT2D eigenvalue weighted by molar-refractivity contribution is 5.67. The maximum absolute atomic E-state index is 12.4. The van der Waals surface area contributed by atoms with Crippen LogP contribution < -0.4 is 70.9 Å². The highest BCUT2D eigenvalue weighted by Crippen LogP contribution is 2.53. The highest BCUT2D eigenvalue weighted by Gasteiger charge is 2.35. The molecule has 1 aliphatic rings. The second kappa shape index (κ2) is 35.0. The number of hydrogen-bond donors (Lipinski definition) is 12. The Morgan fingerprint density at radius 1 is 0.276 bits per heavy atom. The summed E-state index contributed by atoms with van der Waals surface area (Å²) >= 11 is 0. The number of aromatic hydroxyl groups is 8. The van der Waals surface area contributed by atoms with E-state index in [1.54, 1.807) is 24.3 Å². The molecule has 4 aromatic carbocycles. The van der Waals surface area contributed by atoms with Gasteiger partial charge in [0.2, 0.25) is 0 Å². The van der Waals surface area contributed by atoms with Crippen LogP contribution in [-0.4, -0.2) is 67.0 Å². The first kappa shape index (κ1) is 70.3. The van der Waals surface area contributed by atoms with Crippen molar-refractivity contribution in [1.82, 2.24) is 0 Å². The molecule has 0 amide bonds. The fourth-order valence-electron chi connectivity index (χ4n) is 11.0. The molecule has 5 rings (SSSR count). The normalized spacial score (nSPS) is 15.8. The molecule has 1 aliphatic carbocycles. The summed E-state index contributed by atoms with van der Waals surface area (Å²) in [6, 6.07) is 7.13. The van der Waals surface area contributed by atoms with Crippen molar-refractivity contribution < 1.29 is 112 Å². The number of halogens is 4. The van der Waals surface area contributed by atoms with E-state index >= 15 is 0 Å². The van der Waals surface area contributed by atoms with Gasteiger partial charge in [-0.05, 0) is 75.6 Å². The SMILES string of the molecule is CCCCCC[NH2+]Cc1c(O)c2cc(c1O)C(C)c1cc(c(O)c(C[NH2+]CCCCCC)c1O)C(C)c1cc(c(O)c(C[NH2+]CCCCCC)c1O)C(C)c1cc(c(O)c(C[NH2+]CCCCCC)c1O)C2C.[Cl-].[Cl-].[Cl-].[Cl-]. The molecule has 16 heteroatoms. The van der Waals surface area contributed by atoms with E-state index in [0.717, 1.165) is 129 Å². The summed E-state index contributed by atoms with van der Waals surface area (Å²) in [6.07, 6.45) is 17.3. The van der Waals surface area contributed by atoms with Crippen molar-refractivity contribution in [2.24, 2.45) is 0 Å². The van der Waals surface area contributed by atoms with Crippen LogP contribution in [0.15, 0.2) is 24.3 Å². The number of phenolic OH excluding ortho intramolecular Hbond substituents is 8. The van der Waals surface area contributed by atoms with Gasteiger partial charge < -0.3 is 112 Å². The van der Waals surface area contributed by atoms with Crippen molar-refractivity contribution in [2.75, 3.05) is 26.2 Å². The molecule has 0 fully saturated rings. The average molecular weight is 1140 g/mol. The number of rotatable bonds is 28. The Kier molecular flexibility index (Phi) is 32.4. The number of quaternary nitrogens is 4. The molecule has 12 nitrogen and oxygen atoms in total. The molecule has 0 atom stereocenters. The summed E-state index contributed by atoms with van der Waals surface area (Å²) in [5.41, 5.74) is 5.24. The van der Waals surface area contributed by atoms with E-state index in [2.05, 4.69) is 49.0 Å². The van der Waals surface area contributed by atoms with E-state index in [9.17, 15) is 40.9 Å². The Labute approximate surface area is 480 Å². The van der Waals surface area contributed by atoms with Crippen LogP contribution in [0.5, 0.6) is 46.0 Å². The van der Waals surface area contributed by atoms with E-state index in [1.807, 2.05) is 27.7 Å². The zero-order valence-electron chi connectivity index (χ0n) is 47.0. The predicted octanol–water partition coefficient (Wildman–Crippen LogP) is -3.16. The zero-order valence-corrected chi connectivity index (χ0v) is 50.0. The molecular weight excluding hydrogens is 1050 g/mol. The van der Waals surface area contributed by atoms with Crippen LogP contribution in [0.3, 0.4) is 0 Å². The Morgan fingerprint density at radius 2 is 0.434 bits per heavy atom. The van der Waals surface area contributed by atoms with Crippen LogP contribution in [-0.2, 0) is 26.2 Å². The summed E-state index contributed by atoms with van der Waals surface area (Å²) < 4.78 is 0. The summed E-state index contributed by atoms with van der Waals surface area (Å²) in [4.78, 5) is 0. The lowest BCUT2D eigenvalue weighted by Gasteiger charge is -2.28. The largest absolute Gasteiger partial charge is 1.00 e. The second-order valence-corrected chi connectivity index (χ2v) is 21.2. The Bertz CT molecular complexity index is 1950. The minimum Gasteiger partial charge on any atom is -1.00 e. The first-order valence-corrected chi connectivity index (χ1v) is 28.2. The molecule has 432 valence electrons. The van der Waals surface area contributed by atoms with Crippen LogP contribution in [0.4, 0.5) is 0 Å². The monoisotopic (exact) mass is 1140 g/mol. The molecule has 0 spiro atoms. The van der Waals surface area contributed by atoms with Gasteiger partial charge in [-0.15, -0.1) is 0 Å². The standard InChI is InChI=1S/C60H92N4O8.4ClH/c1-9-13-17-21-25-61-33-49-53(65)41-29-42(54(49)66)38(6)44-31-46(58(70)51(56(44)68)35-63-27-23-19-15-11-3)40(8)48-32-47(59(71)52(60(48)72)36-64-28-24-20-16-12-4)39(7)45-30-43(37(41)5)55(67)50(57(45)69)34-62-26-22-18-14-10-2;;;;/h29-32,37-40,61-72H,9-28,33-36H2,1-8H3;4*1H. The van der Waals surface area contributed by atoms with Crippen molar-refractivity contribution in [3.8, 4) is 46.0 Å². The fraction of sp³-hybridized carbons (Fsp3) is 0.600. The zero-order chi connectivity index (χ0) is 52.5. The first-order valence-electron chi connectivity index (χ1n) is 28.2. The molecule has 0 saturated heterocycles. The van der Waals surface area contributed by atoms with Gasteiger partial charge in [-0.3, -0.25) is 0 Å². The van der Waals surface area contributed by atoms with Crippen LogP contribution in [0.25, 0.3) is 0 Å². The summed E-state index contributed by atoms with van der Waals surface area (Å²) in [5, 5.41) is 108. The van der Waals surface area contributed by atoms with Crippen molar-refractivity contribution in [3.05, 3.63) is 91.0 Å². The molecular formula is C60H96Cl4N4O8. The van der Waals surface area contributed by atoms with Crippen molar-refractivity contribution in [3.63, 3.8) is 0 Å². The van der Waals surface area contributed by atoms with Crippen LogP contribution in [0.1, 0.15) is 249 Å². The third-order valence-electron chi connectivity index (χ3n) is 15.9. The number of fused-ring (bicyclic) bond motifs is 8. The van der Waals surface area contributed by atoms with Gasteiger partial charge in [0.25, 0.3) is 0 Å². The molecule has 4 aromatic rings. The van der Waals surface area contributed by atoms with Gasteiger partial charge in [0, 0.05) is 68.2 Å². The van der Waals surface area contributed by atoms with Gasteiger partial charge in [-0.25, -0.2) is 0 Å². The molecule has 0 radical (unpaired) electrons. The number of nitrogens with two attached hydrogens (primary N) is 4. The Morgan fingerprint density at radius 3 is 0.579 bits per heavy atom. The van der Waals surface area contributed by atoms with E-state index < -0.39 is 23.7 Å². The van der Waals surface area contributed by atoms with Crippen molar-refractivity contribution in [1.29, 1.82) is 0 Å².